The number of aliphatic hydroxyl groups is 3. The Kier molecular flexibility index (Phi) is 4.48. The van der Waals surface area contributed by atoms with Gasteiger partial charge in [-0.05, 0) is 26.8 Å². The molecule has 0 radical (unpaired) electrons. The Labute approximate surface area is 135 Å². The zero-order valence-corrected chi connectivity index (χ0v) is 13.8. The van der Waals surface area contributed by atoms with Gasteiger partial charge in [0, 0.05) is 12.5 Å². The van der Waals surface area contributed by atoms with Crippen molar-refractivity contribution in [1.82, 2.24) is 5.32 Å². The molecule has 3 rings (SSSR count). The molecular weight excluding hydrogens is 304 g/mol. The molecule has 3 fully saturated rings. The van der Waals surface area contributed by atoms with E-state index in [0.717, 1.165) is 0 Å². The highest BCUT2D eigenvalue weighted by Crippen LogP contribution is 2.47. The number of likely N-dealkylation sites (N-methyl/N-ethyl adjacent to an activating group) is 1. The van der Waals surface area contributed by atoms with Gasteiger partial charge in [0.1, 0.15) is 11.7 Å². The highest BCUT2D eigenvalue weighted by molar-refractivity contribution is 5.08. The molecule has 1 aliphatic carbocycles. The third kappa shape index (κ3) is 2.52. The molecule has 1 saturated carbocycles. The maximum atomic E-state index is 11.1. The van der Waals surface area contributed by atoms with Crippen LogP contribution in [-0.2, 0) is 14.2 Å². The second-order valence-corrected chi connectivity index (χ2v) is 7.03. The lowest BCUT2D eigenvalue weighted by atomic mass is 9.78. The van der Waals surface area contributed by atoms with Gasteiger partial charge in [0.25, 0.3) is 0 Å². The van der Waals surface area contributed by atoms with Crippen molar-refractivity contribution in [2.24, 2.45) is 5.73 Å². The summed E-state index contributed by atoms with van der Waals surface area (Å²) < 4.78 is 17.6. The molecular formula is C15H28N2O6. The van der Waals surface area contributed by atoms with Gasteiger partial charge in [-0.15, -0.1) is 0 Å². The summed E-state index contributed by atoms with van der Waals surface area (Å²) in [7, 11) is 1.69. The van der Waals surface area contributed by atoms with E-state index in [-0.39, 0.29) is 12.5 Å². The largest absolute Gasteiger partial charge is 0.390 e. The van der Waals surface area contributed by atoms with Crippen LogP contribution >= 0.6 is 0 Å². The molecule has 9 unspecified atom stereocenters. The minimum atomic E-state index is -1.98. The fourth-order valence-electron chi connectivity index (χ4n) is 4.10. The molecule has 23 heavy (non-hydrogen) atoms. The van der Waals surface area contributed by atoms with Crippen molar-refractivity contribution >= 4 is 0 Å². The number of aliphatic hydroxyl groups excluding tert-OH is 1. The van der Waals surface area contributed by atoms with Crippen LogP contribution in [-0.4, -0.2) is 76.5 Å². The zero-order chi connectivity index (χ0) is 17.0. The van der Waals surface area contributed by atoms with Gasteiger partial charge < -0.3 is 40.6 Å². The first kappa shape index (κ1) is 17.5. The van der Waals surface area contributed by atoms with Crippen molar-refractivity contribution in [3.8, 4) is 0 Å². The van der Waals surface area contributed by atoms with Crippen LogP contribution in [0.1, 0.15) is 33.1 Å². The second-order valence-electron chi connectivity index (χ2n) is 7.03. The van der Waals surface area contributed by atoms with Gasteiger partial charge in [0.2, 0.25) is 12.1 Å². The summed E-state index contributed by atoms with van der Waals surface area (Å²) in [5.41, 5.74) is 4.50. The molecule has 8 nitrogen and oxygen atoms in total. The number of nitrogens with two attached hydrogens (primary N) is 1. The molecule has 2 saturated heterocycles. The van der Waals surface area contributed by atoms with Crippen LogP contribution < -0.4 is 11.1 Å². The van der Waals surface area contributed by atoms with E-state index in [2.05, 4.69) is 5.32 Å². The normalized spacial score (nSPS) is 56.7. The monoisotopic (exact) mass is 332 g/mol. The Hall–Kier alpha value is -0.320. The maximum Gasteiger partial charge on any atom is 0.248 e. The molecule has 2 aliphatic heterocycles. The first-order valence-corrected chi connectivity index (χ1v) is 8.30. The fraction of sp³-hybridized carbons (Fsp3) is 1.00. The molecule has 0 spiro atoms. The minimum absolute atomic E-state index is 0.240. The van der Waals surface area contributed by atoms with E-state index in [1.54, 1.807) is 14.0 Å². The van der Waals surface area contributed by atoms with Crippen LogP contribution in [0.5, 0.6) is 0 Å². The molecule has 0 bridgehead atoms. The molecule has 2 heterocycles. The lowest BCUT2D eigenvalue weighted by molar-refractivity contribution is -0.478. The SMILES string of the molecule is CCC1(O)CC(C)OC2OC3CC(N)C(O)C(NC)C3OC21O. The molecule has 0 aromatic carbocycles. The second kappa shape index (κ2) is 5.89. The molecule has 0 amide bonds. The number of hydrogen-bond donors (Lipinski definition) is 5. The summed E-state index contributed by atoms with van der Waals surface area (Å²) in [6.07, 6.45) is -2.33. The number of fused-ring (bicyclic) bond motifs is 2. The van der Waals surface area contributed by atoms with Crippen molar-refractivity contribution in [3.05, 3.63) is 0 Å². The summed E-state index contributed by atoms with van der Waals surface area (Å²) >= 11 is 0. The molecule has 8 heteroatoms. The van der Waals surface area contributed by atoms with Gasteiger partial charge in [0.15, 0.2) is 0 Å². The van der Waals surface area contributed by atoms with Crippen molar-refractivity contribution < 1.29 is 29.5 Å². The van der Waals surface area contributed by atoms with Crippen LogP contribution in [0.3, 0.4) is 0 Å². The first-order valence-electron chi connectivity index (χ1n) is 8.30. The summed E-state index contributed by atoms with van der Waals surface area (Å²) in [6, 6.07) is -0.969. The number of rotatable bonds is 2. The van der Waals surface area contributed by atoms with E-state index in [1.807, 2.05) is 6.92 Å². The van der Waals surface area contributed by atoms with Gasteiger partial charge in [-0.2, -0.15) is 0 Å². The predicted octanol–water partition coefficient (Wildman–Crippen LogP) is -1.59. The van der Waals surface area contributed by atoms with Crippen LogP contribution in [0.25, 0.3) is 0 Å². The molecule has 0 aromatic rings. The Morgan fingerprint density at radius 1 is 1.30 bits per heavy atom. The van der Waals surface area contributed by atoms with Crippen molar-refractivity contribution in [2.75, 3.05) is 7.05 Å². The summed E-state index contributed by atoms with van der Waals surface area (Å²) in [5.74, 6) is -1.98. The quantitative estimate of drug-likeness (QED) is 0.410. The topological polar surface area (TPSA) is 126 Å². The lowest BCUT2D eigenvalue weighted by Crippen LogP contribution is -2.77. The first-order chi connectivity index (χ1) is 10.8. The van der Waals surface area contributed by atoms with Crippen molar-refractivity contribution in [3.63, 3.8) is 0 Å². The van der Waals surface area contributed by atoms with Gasteiger partial charge in [0.05, 0.1) is 24.4 Å². The average Bonchev–Trinajstić information content (AvgIpc) is 2.49. The van der Waals surface area contributed by atoms with E-state index >= 15 is 0 Å². The highest BCUT2D eigenvalue weighted by atomic mass is 16.8. The van der Waals surface area contributed by atoms with E-state index < -0.39 is 48.1 Å². The van der Waals surface area contributed by atoms with Crippen LogP contribution in [0, 0.1) is 0 Å². The van der Waals surface area contributed by atoms with E-state index in [9.17, 15) is 15.3 Å². The lowest BCUT2D eigenvalue weighted by Gasteiger charge is -2.59. The van der Waals surface area contributed by atoms with Crippen LogP contribution in [0.15, 0.2) is 0 Å². The Balaban J connectivity index is 1.93. The molecule has 0 aromatic heterocycles. The number of hydrogen-bond acceptors (Lipinski definition) is 8. The third-order valence-corrected chi connectivity index (χ3v) is 5.53. The summed E-state index contributed by atoms with van der Waals surface area (Å²) in [5, 5.41) is 35.3. The maximum absolute atomic E-state index is 11.1. The van der Waals surface area contributed by atoms with Gasteiger partial charge in [-0.1, -0.05) is 6.92 Å². The Morgan fingerprint density at radius 2 is 2.00 bits per heavy atom. The third-order valence-electron chi connectivity index (χ3n) is 5.53. The highest BCUT2D eigenvalue weighted by Gasteiger charge is 2.66. The minimum Gasteiger partial charge on any atom is -0.390 e. The van der Waals surface area contributed by atoms with E-state index in [0.29, 0.717) is 12.8 Å². The Bertz CT molecular complexity index is 454. The van der Waals surface area contributed by atoms with Gasteiger partial charge >= 0.3 is 0 Å². The molecule has 134 valence electrons. The van der Waals surface area contributed by atoms with Crippen molar-refractivity contribution in [2.45, 2.75) is 87.3 Å². The Morgan fingerprint density at radius 3 is 2.61 bits per heavy atom. The van der Waals surface area contributed by atoms with Gasteiger partial charge in [-0.25, -0.2) is 0 Å². The van der Waals surface area contributed by atoms with Crippen LogP contribution in [0.4, 0.5) is 0 Å². The molecule has 6 N–H and O–H groups in total. The summed E-state index contributed by atoms with van der Waals surface area (Å²) in [6.45, 7) is 3.60. The van der Waals surface area contributed by atoms with E-state index in [4.69, 9.17) is 19.9 Å². The molecule has 9 atom stereocenters. The van der Waals surface area contributed by atoms with Crippen molar-refractivity contribution in [1.29, 1.82) is 0 Å². The standard InChI is InChI=1S/C15H28N2O6/c1-4-14(19)6-7(2)21-13-15(14,20)23-12-9(22-13)5-8(16)11(18)10(12)17-3/h7-13,17-20H,4-6,16H2,1-3H3. The molecule has 3 aliphatic rings. The van der Waals surface area contributed by atoms with Crippen LogP contribution in [0.2, 0.25) is 0 Å². The summed E-state index contributed by atoms with van der Waals surface area (Å²) in [4.78, 5) is 0. The zero-order valence-electron chi connectivity index (χ0n) is 13.8. The number of nitrogens with one attached hydrogen (secondary N) is 1. The van der Waals surface area contributed by atoms with Gasteiger partial charge in [-0.3, -0.25) is 0 Å². The smallest absolute Gasteiger partial charge is 0.248 e. The average molecular weight is 332 g/mol. The number of ether oxygens (including phenoxy) is 3. The fourth-order valence-corrected chi connectivity index (χ4v) is 4.10. The predicted molar refractivity (Wildman–Crippen MR) is 80.3 cm³/mol. The van der Waals surface area contributed by atoms with E-state index in [1.165, 1.54) is 0 Å².